The smallest absolute Gasteiger partial charge is 0.228 e. The number of halogens is 2. The van der Waals surface area contributed by atoms with Gasteiger partial charge >= 0.3 is 0 Å². The van der Waals surface area contributed by atoms with E-state index in [1.165, 1.54) is 0 Å². The highest BCUT2D eigenvalue weighted by molar-refractivity contribution is 9.28. The molecule has 1 saturated heterocycles. The van der Waals surface area contributed by atoms with Gasteiger partial charge in [0, 0.05) is 19.2 Å². The van der Waals surface area contributed by atoms with E-state index in [2.05, 4.69) is 31.9 Å². The molecule has 1 amide bonds. The molecule has 2 nitrogen and oxygen atoms in total. The lowest BCUT2D eigenvalue weighted by atomic mass is 10.2. The Labute approximate surface area is 70.2 Å². The summed E-state index contributed by atoms with van der Waals surface area (Å²) in [6.07, 6.45) is 2.41. The molecular weight excluding hydrogens is 250 g/mol. The Morgan fingerprint density at radius 3 is 2.44 bits per heavy atom. The van der Waals surface area contributed by atoms with Crippen molar-refractivity contribution in [2.24, 2.45) is 0 Å². The van der Waals surface area contributed by atoms with E-state index in [9.17, 15) is 4.79 Å². The van der Waals surface area contributed by atoms with Gasteiger partial charge in [-0.15, -0.1) is 0 Å². The summed E-state index contributed by atoms with van der Waals surface area (Å²) < 4.78 is 0.808. The minimum Gasteiger partial charge on any atom is -0.317 e. The van der Waals surface area contributed by atoms with Gasteiger partial charge in [-0.2, -0.15) is 0 Å². The highest BCUT2D eigenvalue weighted by Crippen LogP contribution is 2.18. The summed E-state index contributed by atoms with van der Waals surface area (Å²) in [7, 11) is 0. The first-order chi connectivity index (χ1) is 4.20. The molecule has 50 valence electrons. The summed E-state index contributed by atoms with van der Waals surface area (Å²) in [4.78, 5) is 12.3. The summed E-state index contributed by atoms with van der Waals surface area (Å²) in [5.41, 5.74) is 0. The van der Waals surface area contributed by atoms with E-state index in [4.69, 9.17) is 0 Å². The third-order valence-electron chi connectivity index (χ3n) is 1.14. The molecule has 0 spiro atoms. The second-order valence-corrected chi connectivity index (χ2v) is 4.53. The Bertz CT molecular complexity index is 162. The van der Waals surface area contributed by atoms with Crippen molar-refractivity contribution in [3.8, 4) is 0 Å². The number of carbonyl (C=O) groups is 1. The fraction of sp³-hybridized carbons (Fsp3) is 0.400. The van der Waals surface area contributed by atoms with Crippen LogP contribution in [0.4, 0.5) is 0 Å². The first-order valence-corrected chi connectivity index (χ1v) is 4.11. The van der Waals surface area contributed by atoms with Gasteiger partial charge in [0.25, 0.3) is 0 Å². The molecule has 0 atom stereocenters. The van der Waals surface area contributed by atoms with Gasteiger partial charge < -0.3 is 4.90 Å². The quantitative estimate of drug-likeness (QED) is 0.654. The topological polar surface area (TPSA) is 20.3 Å². The van der Waals surface area contributed by atoms with Gasteiger partial charge in [-0.1, -0.05) is 0 Å². The summed E-state index contributed by atoms with van der Waals surface area (Å²) in [5, 5.41) is 0. The number of carbonyl (C=O) groups excluding carboxylic acids is 1. The third-order valence-corrected chi connectivity index (χ3v) is 1.55. The molecule has 0 unspecified atom stereocenters. The Kier molecular flexibility index (Phi) is 2.29. The van der Waals surface area contributed by atoms with Crippen LogP contribution in [-0.2, 0) is 4.79 Å². The minimum atomic E-state index is 0.186. The summed E-state index contributed by atoms with van der Waals surface area (Å²) in [6, 6.07) is 0. The number of β-lactam (4-membered cyclic amide) rings is 1. The lowest BCUT2D eigenvalue weighted by Crippen LogP contribution is -2.38. The van der Waals surface area contributed by atoms with Crippen molar-refractivity contribution in [3.63, 3.8) is 0 Å². The molecule has 0 N–H and O–H groups in total. The zero-order chi connectivity index (χ0) is 6.85. The van der Waals surface area contributed by atoms with Crippen LogP contribution in [0.15, 0.2) is 9.59 Å². The molecule has 0 aliphatic carbocycles. The van der Waals surface area contributed by atoms with E-state index in [1.54, 1.807) is 11.1 Å². The van der Waals surface area contributed by atoms with Crippen LogP contribution >= 0.6 is 31.9 Å². The minimum absolute atomic E-state index is 0.186. The number of nitrogens with zero attached hydrogens (tertiary/aromatic N) is 1. The fourth-order valence-corrected chi connectivity index (χ4v) is 1.08. The van der Waals surface area contributed by atoms with Gasteiger partial charge in [-0.3, -0.25) is 4.79 Å². The largest absolute Gasteiger partial charge is 0.317 e. The van der Waals surface area contributed by atoms with Crippen molar-refractivity contribution in [2.75, 3.05) is 6.54 Å². The average Bonchev–Trinajstić information content (AvgIpc) is 1.79. The Hall–Kier alpha value is 0.170. The molecule has 9 heavy (non-hydrogen) atoms. The Morgan fingerprint density at radius 1 is 1.67 bits per heavy atom. The first kappa shape index (κ1) is 7.28. The summed E-state index contributed by atoms with van der Waals surface area (Å²) in [6.45, 7) is 0.847. The molecule has 0 aromatic heterocycles. The molecule has 1 aliphatic heterocycles. The maximum absolute atomic E-state index is 10.6. The maximum Gasteiger partial charge on any atom is 0.228 e. The maximum atomic E-state index is 10.6. The lowest BCUT2D eigenvalue weighted by Gasteiger charge is -2.26. The molecular formula is C5H5Br2NO. The zero-order valence-corrected chi connectivity index (χ0v) is 7.77. The number of hydrogen-bond donors (Lipinski definition) is 0. The predicted octanol–water partition coefficient (Wildman–Crippen LogP) is 1.81. The van der Waals surface area contributed by atoms with Crippen molar-refractivity contribution in [3.05, 3.63) is 9.59 Å². The second kappa shape index (κ2) is 2.84. The summed E-state index contributed by atoms with van der Waals surface area (Å²) >= 11 is 6.32. The normalized spacial score (nSPS) is 17.1. The SMILES string of the molecule is O=C1CCN1C=C(Br)Br. The van der Waals surface area contributed by atoms with E-state index >= 15 is 0 Å². The molecule has 0 aromatic rings. The van der Waals surface area contributed by atoms with Crippen molar-refractivity contribution in [1.82, 2.24) is 4.90 Å². The van der Waals surface area contributed by atoms with Crippen LogP contribution in [-0.4, -0.2) is 17.4 Å². The zero-order valence-electron chi connectivity index (χ0n) is 4.60. The van der Waals surface area contributed by atoms with Crippen LogP contribution in [0.3, 0.4) is 0 Å². The van der Waals surface area contributed by atoms with Gasteiger partial charge in [0.05, 0.1) is 3.39 Å². The van der Waals surface area contributed by atoms with E-state index in [0.717, 1.165) is 9.94 Å². The molecule has 4 heteroatoms. The fourth-order valence-electron chi connectivity index (χ4n) is 0.587. The molecule has 0 aromatic carbocycles. The molecule has 0 saturated carbocycles. The summed E-state index contributed by atoms with van der Waals surface area (Å²) in [5.74, 6) is 0.186. The van der Waals surface area contributed by atoms with Gasteiger partial charge in [0.1, 0.15) is 0 Å². The van der Waals surface area contributed by atoms with Crippen LogP contribution < -0.4 is 0 Å². The number of likely N-dealkylation sites (tertiary alicyclic amines) is 1. The van der Waals surface area contributed by atoms with Crippen LogP contribution in [0.25, 0.3) is 0 Å². The molecule has 1 fully saturated rings. The third kappa shape index (κ3) is 1.79. The van der Waals surface area contributed by atoms with E-state index in [1.807, 2.05) is 0 Å². The molecule has 1 heterocycles. The molecule has 1 aliphatic rings. The molecule has 1 rings (SSSR count). The van der Waals surface area contributed by atoms with Crippen molar-refractivity contribution >= 4 is 37.8 Å². The Morgan fingerprint density at radius 2 is 2.33 bits per heavy atom. The van der Waals surface area contributed by atoms with Crippen LogP contribution in [0, 0.1) is 0 Å². The molecule has 0 bridgehead atoms. The van der Waals surface area contributed by atoms with Gasteiger partial charge in [-0.05, 0) is 31.9 Å². The van der Waals surface area contributed by atoms with E-state index in [0.29, 0.717) is 6.42 Å². The molecule has 0 radical (unpaired) electrons. The van der Waals surface area contributed by atoms with E-state index in [-0.39, 0.29) is 5.91 Å². The van der Waals surface area contributed by atoms with Gasteiger partial charge in [0.2, 0.25) is 5.91 Å². The van der Waals surface area contributed by atoms with E-state index < -0.39 is 0 Å². The van der Waals surface area contributed by atoms with Crippen LogP contribution in [0.5, 0.6) is 0 Å². The number of hydrogen-bond acceptors (Lipinski definition) is 1. The average molecular weight is 255 g/mol. The van der Waals surface area contributed by atoms with Crippen molar-refractivity contribution < 1.29 is 4.79 Å². The van der Waals surface area contributed by atoms with Gasteiger partial charge in [-0.25, -0.2) is 0 Å². The predicted molar refractivity (Wildman–Crippen MR) is 42.3 cm³/mol. The van der Waals surface area contributed by atoms with Crippen molar-refractivity contribution in [2.45, 2.75) is 6.42 Å². The highest BCUT2D eigenvalue weighted by atomic mass is 79.9. The Balaban J connectivity index is 2.46. The van der Waals surface area contributed by atoms with Crippen LogP contribution in [0.1, 0.15) is 6.42 Å². The first-order valence-electron chi connectivity index (χ1n) is 2.52. The highest BCUT2D eigenvalue weighted by Gasteiger charge is 2.21. The monoisotopic (exact) mass is 253 g/mol. The standard InChI is InChI=1S/C5H5Br2NO/c6-4(7)3-8-2-1-5(8)9/h3H,1-2H2. The number of rotatable bonds is 1. The van der Waals surface area contributed by atoms with Gasteiger partial charge in [0.15, 0.2) is 0 Å². The number of amides is 1. The van der Waals surface area contributed by atoms with Crippen LogP contribution in [0.2, 0.25) is 0 Å². The second-order valence-electron chi connectivity index (χ2n) is 1.76. The van der Waals surface area contributed by atoms with Crippen molar-refractivity contribution in [1.29, 1.82) is 0 Å². The lowest BCUT2D eigenvalue weighted by molar-refractivity contribution is -0.136.